The van der Waals surface area contributed by atoms with E-state index in [1.165, 1.54) is 12.8 Å². The summed E-state index contributed by atoms with van der Waals surface area (Å²) in [6.07, 6.45) is 6.90. The van der Waals surface area contributed by atoms with Crippen LogP contribution in [0.1, 0.15) is 70.6 Å². The number of aryl methyl sites for hydroxylation is 3. The molecule has 0 bridgehead atoms. The monoisotopic (exact) mass is 648 g/mol. The van der Waals surface area contributed by atoms with Gasteiger partial charge in [-0.15, -0.1) is 0 Å². The van der Waals surface area contributed by atoms with Crippen LogP contribution in [-0.4, -0.2) is 50.3 Å². The molecule has 236 valence electrons. The van der Waals surface area contributed by atoms with Crippen molar-refractivity contribution in [3.8, 4) is 0 Å². The molecule has 12 heteroatoms. The van der Waals surface area contributed by atoms with Gasteiger partial charge in [0.05, 0.1) is 38.0 Å². The van der Waals surface area contributed by atoms with Crippen molar-refractivity contribution in [2.45, 2.75) is 58.0 Å². The van der Waals surface area contributed by atoms with Crippen LogP contribution in [0.2, 0.25) is 10.0 Å². The smallest absolute Gasteiger partial charge is 0.272 e. The Hall–Kier alpha value is -3.76. The fourth-order valence-corrected chi connectivity index (χ4v) is 7.32. The number of halogens is 2. The summed E-state index contributed by atoms with van der Waals surface area (Å²) >= 11 is 13.5. The van der Waals surface area contributed by atoms with E-state index in [-0.39, 0.29) is 24.4 Å². The van der Waals surface area contributed by atoms with Gasteiger partial charge in [-0.25, -0.2) is 4.98 Å². The number of amides is 2. The van der Waals surface area contributed by atoms with Crippen molar-refractivity contribution in [2.75, 3.05) is 23.3 Å². The largest absolute Gasteiger partial charge is 0.370 e. The number of nitrogens with one attached hydrogen (secondary N) is 3. The molecule has 2 aromatic carbocycles. The molecule has 3 N–H and O–H groups in total. The fourth-order valence-electron chi connectivity index (χ4n) is 6.78. The summed E-state index contributed by atoms with van der Waals surface area (Å²) < 4.78 is 3.62. The first-order chi connectivity index (χ1) is 21.7. The number of imidazole rings is 1. The third kappa shape index (κ3) is 5.86. The highest BCUT2D eigenvalue weighted by Crippen LogP contribution is 2.47. The van der Waals surface area contributed by atoms with Gasteiger partial charge in [-0.05, 0) is 67.9 Å². The average molecular weight is 650 g/mol. The molecule has 7 rings (SSSR count). The number of hydrogen-bond acceptors (Lipinski definition) is 6. The molecule has 4 aromatic rings. The number of rotatable bonds is 8. The van der Waals surface area contributed by atoms with Gasteiger partial charge in [0.15, 0.2) is 0 Å². The zero-order valence-electron chi connectivity index (χ0n) is 25.8. The lowest BCUT2D eigenvalue weighted by atomic mass is 9.95. The third-order valence-electron chi connectivity index (χ3n) is 9.70. The summed E-state index contributed by atoms with van der Waals surface area (Å²) in [5, 5.41) is 14.6. The Morgan fingerprint density at radius 3 is 2.47 bits per heavy atom. The van der Waals surface area contributed by atoms with Crippen molar-refractivity contribution in [3.05, 3.63) is 62.9 Å². The second-order valence-electron chi connectivity index (χ2n) is 12.8. The summed E-state index contributed by atoms with van der Waals surface area (Å²) in [6, 6.07) is 9.51. The maximum absolute atomic E-state index is 13.7. The highest BCUT2D eigenvalue weighted by atomic mass is 35.5. The number of aromatic nitrogens is 4. The molecule has 2 aromatic heterocycles. The van der Waals surface area contributed by atoms with Crippen LogP contribution in [0.4, 0.5) is 17.3 Å². The summed E-state index contributed by atoms with van der Waals surface area (Å²) in [4.78, 5) is 33.6. The molecule has 3 aliphatic rings. The number of piperidine rings is 1. The molecule has 0 radical (unpaired) electrons. The van der Waals surface area contributed by atoms with Crippen molar-refractivity contribution in [3.63, 3.8) is 0 Å². The number of carbonyl (C=O) groups excluding carboxylic acids is 2. The Balaban J connectivity index is 1.16. The zero-order valence-corrected chi connectivity index (χ0v) is 27.3. The molecule has 1 aliphatic heterocycles. The number of nitrogens with zero attached hydrogens (tertiary/aromatic N) is 5. The lowest BCUT2D eigenvalue weighted by molar-refractivity contribution is 0.0925. The van der Waals surface area contributed by atoms with Gasteiger partial charge in [-0.2, -0.15) is 5.10 Å². The predicted octanol–water partition coefficient (Wildman–Crippen LogP) is 6.11. The van der Waals surface area contributed by atoms with Gasteiger partial charge < -0.3 is 25.4 Å². The minimum absolute atomic E-state index is 0.0266. The van der Waals surface area contributed by atoms with Gasteiger partial charge in [-0.3, -0.25) is 14.3 Å². The number of benzene rings is 2. The molecule has 2 unspecified atom stereocenters. The van der Waals surface area contributed by atoms with Crippen molar-refractivity contribution >= 4 is 63.4 Å². The van der Waals surface area contributed by atoms with E-state index in [1.54, 1.807) is 29.9 Å². The Bertz CT molecular complexity index is 1780. The number of fused-ring (bicyclic) bond motifs is 2. The van der Waals surface area contributed by atoms with Crippen LogP contribution in [0.3, 0.4) is 0 Å². The standard InChI is InChI=1S/C33H38Cl2N8O2/c1-18-11-26(40-42(18)3)32(45)36-15-19-9-10-24(34)30(29(19)35)39-33-38-25-13-23(31(44)37-22-7-5-4-6-8-22)27(14-28(25)41(33)2)43-16-20-12-21(20)17-43/h9-11,13-14,20-22H,4-8,12,15-17H2,1-3H3,(H,36,45)(H,37,44)(H,38,39). The number of anilines is 3. The predicted molar refractivity (Wildman–Crippen MR) is 178 cm³/mol. The second-order valence-corrected chi connectivity index (χ2v) is 13.6. The van der Waals surface area contributed by atoms with Gasteiger partial charge in [0, 0.05) is 45.5 Å². The van der Waals surface area contributed by atoms with Crippen molar-refractivity contribution in [1.82, 2.24) is 30.0 Å². The van der Waals surface area contributed by atoms with Crippen LogP contribution in [0.25, 0.3) is 11.0 Å². The van der Waals surface area contributed by atoms with E-state index in [0.717, 1.165) is 67.5 Å². The van der Waals surface area contributed by atoms with Crippen LogP contribution in [0, 0.1) is 18.8 Å². The average Bonchev–Trinajstić information content (AvgIpc) is 3.31. The summed E-state index contributed by atoms with van der Waals surface area (Å²) in [5.74, 6) is 1.69. The molecule has 1 saturated heterocycles. The highest BCUT2D eigenvalue weighted by Gasteiger charge is 2.45. The molecule has 2 atom stereocenters. The Morgan fingerprint density at radius 1 is 1.00 bits per heavy atom. The molecule has 10 nitrogen and oxygen atoms in total. The van der Waals surface area contributed by atoms with Crippen LogP contribution in [0.15, 0.2) is 30.3 Å². The molecule has 45 heavy (non-hydrogen) atoms. The van der Waals surface area contributed by atoms with Crippen LogP contribution >= 0.6 is 23.2 Å². The molecule has 0 spiro atoms. The molecule has 3 heterocycles. The fraction of sp³-hybridized carbons (Fsp3) is 0.455. The quantitative estimate of drug-likeness (QED) is 0.213. The van der Waals surface area contributed by atoms with E-state index >= 15 is 0 Å². The van der Waals surface area contributed by atoms with E-state index in [9.17, 15) is 9.59 Å². The Morgan fingerprint density at radius 2 is 1.76 bits per heavy atom. The second kappa shape index (κ2) is 11.9. The number of hydrogen-bond donors (Lipinski definition) is 3. The third-order valence-corrected chi connectivity index (χ3v) is 10.4. The molecule has 3 fully saturated rings. The lowest BCUT2D eigenvalue weighted by Crippen LogP contribution is -2.37. The zero-order chi connectivity index (χ0) is 31.4. The first-order valence-corrected chi connectivity index (χ1v) is 16.5. The van der Waals surface area contributed by atoms with E-state index in [4.69, 9.17) is 28.2 Å². The Labute approximate surface area is 272 Å². The van der Waals surface area contributed by atoms with E-state index in [1.807, 2.05) is 24.6 Å². The van der Waals surface area contributed by atoms with Gasteiger partial charge in [0.25, 0.3) is 11.8 Å². The minimum atomic E-state index is -0.288. The first-order valence-electron chi connectivity index (χ1n) is 15.7. The van der Waals surface area contributed by atoms with Crippen LogP contribution in [-0.2, 0) is 20.6 Å². The van der Waals surface area contributed by atoms with E-state index in [0.29, 0.717) is 44.0 Å². The first kappa shape index (κ1) is 29.9. The molecule has 2 saturated carbocycles. The lowest BCUT2D eigenvalue weighted by Gasteiger charge is -2.26. The number of carbonyl (C=O) groups is 2. The minimum Gasteiger partial charge on any atom is -0.370 e. The van der Waals surface area contributed by atoms with Gasteiger partial charge in [0.2, 0.25) is 5.95 Å². The Kier molecular flexibility index (Phi) is 7.90. The molecular formula is C33H38Cl2N8O2. The molecular weight excluding hydrogens is 611 g/mol. The maximum atomic E-state index is 13.7. The van der Waals surface area contributed by atoms with Crippen LogP contribution in [0.5, 0.6) is 0 Å². The van der Waals surface area contributed by atoms with E-state index < -0.39 is 0 Å². The van der Waals surface area contributed by atoms with Crippen molar-refractivity contribution in [1.29, 1.82) is 0 Å². The highest BCUT2D eigenvalue weighted by molar-refractivity contribution is 6.39. The topological polar surface area (TPSA) is 109 Å². The molecule has 2 amide bonds. The van der Waals surface area contributed by atoms with Crippen molar-refractivity contribution in [2.24, 2.45) is 25.9 Å². The SMILES string of the molecule is Cc1cc(C(=O)NCc2ccc(Cl)c(Nc3nc4cc(C(=O)NC5CCCCC5)c(N5CC6CC6C5)cc4n3C)c2Cl)nn1C. The molecule has 2 aliphatic carbocycles. The van der Waals surface area contributed by atoms with Gasteiger partial charge >= 0.3 is 0 Å². The van der Waals surface area contributed by atoms with E-state index in [2.05, 4.69) is 32.0 Å². The summed E-state index contributed by atoms with van der Waals surface area (Å²) in [5.41, 5.74) is 5.68. The van der Waals surface area contributed by atoms with Crippen LogP contribution < -0.4 is 20.9 Å². The van der Waals surface area contributed by atoms with Crippen molar-refractivity contribution < 1.29 is 9.59 Å². The normalized spacial score (nSPS) is 19.5. The van der Waals surface area contributed by atoms with Gasteiger partial charge in [-0.1, -0.05) is 48.5 Å². The maximum Gasteiger partial charge on any atom is 0.272 e. The summed E-state index contributed by atoms with van der Waals surface area (Å²) in [7, 11) is 3.73. The van der Waals surface area contributed by atoms with Gasteiger partial charge in [0.1, 0.15) is 5.69 Å². The summed E-state index contributed by atoms with van der Waals surface area (Å²) in [6.45, 7) is 4.05.